The van der Waals surface area contributed by atoms with Crippen molar-refractivity contribution in [3.8, 4) is 6.07 Å². The van der Waals surface area contributed by atoms with Crippen LogP contribution in [0.4, 0.5) is 0 Å². The standard InChI is InChI=1S/C14H20N2O2S/c1-3-5-14(4-2)16-19(17,18)11-13-8-6-12(10-15)7-9-13/h6-9,14,16H,3-5,11H2,1-2H3. The van der Waals surface area contributed by atoms with Crippen molar-refractivity contribution in [2.45, 2.75) is 44.9 Å². The molecule has 1 aromatic rings. The molecule has 4 nitrogen and oxygen atoms in total. The maximum Gasteiger partial charge on any atom is 0.216 e. The molecule has 1 N–H and O–H groups in total. The highest BCUT2D eigenvalue weighted by atomic mass is 32.2. The molecule has 0 saturated heterocycles. The van der Waals surface area contributed by atoms with Gasteiger partial charge in [-0.25, -0.2) is 13.1 Å². The zero-order valence-electron chi connectivity index (χ0n) is 11.4. The Morgan fingerprint density at radius 1 is 1.26 bits per heavy atom. The van der Waals surface area contributed by atoms with Crippen LogP contribution in [0.3, 0.4) is 0 Å². The minimum atomic E-state index is -3.32. The SMILES string of the molecule is CCCC(CC)NS(=O)(=O)Cc1ccc(C#N)cc1. The molecule has 0 fully saturated rings. The van der Waals surface area contributed by atoms with Crippen LogP contribution in [-0.2, 0) is 15.8 Å². The molecule has 19 heavy (non-hydrogen) atoms. The number of hydrogen-bond acceptors (Lipinski definition) is 3. The molecule has 1 atom stereocenters. The van der Waals surface area contributed by atoms with E-state index >= 15 is 0 Å². The highest BCUT2D eigenvalue weighted by Gasteiger charge is 2.16. The number of nitriles is 1. The zero-order chi connectivity index (χ0) is 14.3. The molecule has 0 saturated carbocycles. The lowest BCUT2D eigenvalue weighted by Gasteiger charge is -2.16. The van der Waals surface area contributed by atoms with Gasteiger partial charge in [0, 0.05) is 6.04 Å². The van der Waals surface area contributed by atoms with E-state index in [1.54, 1.807) is 24.3 Å². The number of nitrogens with one attached hydrogen (secondary N) is 1. The number of sulfonamides is 1. The maximum absolute atomic E-state index is 12.0. The van der Waals surface area contributed by atoms with Crippen molar-refractivity contribution < 1.29 is 8.42 Å². The number of benzene rings is 1. The van der Waals surface area contributed by atoms with Gasteiger partial charge >= 0.3 is 0 Å². The van der Waals surface area contributed by atoms with E-state index < -0.39 is 10.0 Å². The van der Waals surface area contributed by atoms with Crippen molar-refractivity contribution in [3.05, 3.63) is 35.4 Å². The Hall–Kier alpha value is -1.38. The molecule has 0 aromatic heterocycles. The van der Waals surface area contributed by atoms with Gasteiger partial charge < -0.3 is 0 Å². The van der Waals surface area contributed by atoms with Gasteiger partial charge in [-0.15, -0.1) is 0 Å². The molecule has 1 aromatic carbocycles. The van der Waals surface area contributed by atoms with Gasteiger partial charge in [0.05, 0.1) is 17.4 Å². The summed E-state index contributed by atoms with van der Waals surface area (Å²) in [5, 5.41) is 8.69. The Labute approximate surface area is 115 Å². The third-order valence-electron chi connectivity index (χ3n) is 2.92. The topological polar surface area (TPSA) is 70.0 Å². The number of hydrogen-bond donors (Lipinski definition) is 1. The van der Waals surface area contributed by atoms with E-state index in [1.807, 2.05) is 19.9 Å². The summed E-state index contributed by atoms with van der Waals surface area (Å²) < 4.78 is 26.8. The van der Waals surface area contributed by atoms with Crippen molar-refractivity contribution in [2.24, 2.45) is 0 Å². The van der Waals surface area contributed by atoms with Crippen LogP contribution in [0, 0.1) is 11.3 Å². The minimum Gasteiger partial charge on any atom is -0.212 e. The summed E-state index contributed by atoms with van der Waals surface area (Å²) in [5.41, 5.74) is 1.23. The Morgan fingerprint density at radius 3 is 2.37 bits per heavy atom. The molecule has 0 spiro atoms. The van der Waals surface area contributed by atoms with E-state index in [0.29, 0.717) is 11.1 Å². The van der Waals surface area contributed by atoms with Crippen molar-refractivity contribution >= 4 is 10.0 Å². The molecular weight excluding hydrogens is 260 g/mol. The van der Waals surface area contributed by atoms with Crippen molar-refractivity contribution in [3.63, 3.8) is 0 Å². The number of nitrogens with zero attached hydrogens (tertiary/aromatic N) is 1. The van der Waals surface area contributed by atoms with E-state index in [1.165, 1.54) is 0 Å². The van der Waals surface area contributed by atoms with E-state index in [-0.39, 0.29) is 11.8 Å². The summed E-state index contributed by atoms with van der Waals surface area (Å²) in [5.74, 6) is -0.0427. The molecule has 0 heterocycles. The second-order valence-corrected chi connectivity index (χ2v) is 6.33. The van der Waals surface area contributed by atoms with E-state index in [9.17, 15) is 8.42 Å². The normalized spacial score (nSPS) is 12.9. The molecule has 1 rings (SSSR count). The molecule has 1 unspecified atom stereocenters. The van der Waals surface area contributed by atoms with Crippen LogP contribution in [0.25, 0.3) is 0 Å². The molecular formula is C14H20N2O2S. The van der Waals surface area contributed by atoms with Gasteiger partial charge in [0.2, 0.25) is 10.0 Å². The van der Waals surface area contributed by atoms with Gasteiger partial charge in [-0.1, -0.05) is 32.4 Å². The lowest BCUT2D eigenvalue weighted by Crippen LogP contribution is -2.35. The van der Waals surface area contributed by atoms with Crippen LogP contribution < -0.4 is 4.72 Å². The van der Waals surface area contributed by atoms with Crippen LogP contribution >= 0.6 is 0 Å². The van der Waals surface area contributed by atoms with Crippen molar-refractivity contribution in [1.82, 2.24) is 4.72 Å². The summed E-state index contributed by atoms with van der Waals surface area (Å²) in [6, 6.07) is 8.64. The van der Waals surface area contributed by atoms with Crippen molar-refractivity contribution in [2.75, 3.05) is 0 Å². The predicted octanol–water partition coefficient (Wildman–Crippen LogP) is 2.56. The average molecular weight is 280 g/mol. The largest absolute Gasteiger partial charge is 0.216 e. The molecule has 0 bridgehead atoms. The van der Waals surface area contributed by atoms with Gasteiger partial charge in [0.25, 0.3) is 0 Å². The lowest BCUT2D eigenvalue weighted by atomic mass is 10.1. The second kappa shape index (κ2) is 7.27. The second-order valence-electron chi connectivity index (χ2n) is 4.58. The Kier molecular flexibility index (Phi) is 6.00. The zero-order valence-corrected chi connectivity index (χ0v) is 12.2. The van der Waals surface area contributed by atoms with Crippen molar-refractivity contribution in [1.29, 1.82) is 5.26 Å². The fourth-order valence-electron chi connectivity index (χ4n) is 1.89. The first-order chi connectivity index (χ1) is 9.00. The number of rotatable bonds is 7. The minimum absolute atomic E-state index is 0.00776. The van der Waals surface area contributed by atoms with Gasteiger partial charge in [-0.05, 0) is 30.5 Å². The monoisotopic (exact) mass is 280 g/mol. The third-order valence-corrected chi connectivity index (χ3v) is 4.32. The first kappa shape index (κ1) is 15.7. The molecule has 0 aliphatic rings. The van der Waals surface area contributed by atoms with Gasteiger partial charge in [0.1, 0.15) is 0 Å². The fourth-order valence-corrected chi connectivity index (χ4v) is 3.39. The highest BCUT2D eigenvalue weighted by Crippen LogP contribution is 2.09. The predicted molar refractivity (Wildman–Crippen MR) is 75.9 cm³/mol. The molecule has 104 valence electrons. The molecule has 0 radical (unpaired) electrons. The van der Waals surface area contributed by atoms with Crippen LogP contribution in [0.2, 0.25) is 0 Å². The summed E-state index contributed by atoms with van der Waals surface area (Å²) in [4.78, 5) is 0. The molecule has 0 aliphatic carbocycles. The average Bonchev–Trinajstić information content (AvgIpc) is 2.38. The molecule has 0 amide bonds. The Bertz CT molecular complexity index is 530. The summed E-state index contributed by atoms with van der Waals surface area (Å²) in [7, 11) is -3.32. The van der Waals surface area contributed by atoms with E-state index in [0.717, 1.165) is 19.3 Å². The van der Waals surface area contributed by atoms with E-state index in [4.69, 9.17) is 5.26 Å². The summed E-state index contributed by atoms with van der Waals surface area (Å²) in [6.45, 7) is 4.02. The third kappa shape index (κ3) is 5.41. The molecule has 0 aliphatic heterocycles. The summed E-state index contributed by atoms with van der Waals surface area (Å²) in [6.07, 6.45) is 2.60. The van der Waals surface area contributed by atoms with Crippen LogP contribution in [0.15, 0.2) is 24.3 Å². The van der Waals surface area contributed by atoms with Crippen LogP contribution in [-0.4, -0.2) is 14.5 Å². The van der Waals surface area contributed by atoms with Crippen LogP contribution in [0.5, 0.6) is 0 Å². The first-order valence-corrected chi connectivity index (χ1v) is 8.15. The fraction of sp³-hybridized carbons (Fsp3) is 0.500. The Balaban J connectivity index is 2.70. The highest BCUT2D eigenvalue weighted by molar-refractivity contribution is 7.88. The Morgan fingerprint density at radius 2 is 1.89 bits per heavy atom. The van der Waals surface area contributed by atoms with E-state index in [2.05, 4.69) is 4.72 Å². The van der Waals surface area contributed by atoms with Gasteiger partial charge in [0.15, 0.2) is 0 Å². The quantitative estimate of drug-likeness (QED) is 0.834. The van der Waals surface area contributed by atoms with Crippen LogP contribution in [0.1, 0.15) is 44.2 Å². The smallest absolute Gasteiger partial charge is 0.212 e. The van der Waals surface area contributed by atoms with Gasteiger partial charge in [-0.2, -0.15) is 5.26 Å². The van der Waals surface area contributed by atoms with Gasteiger partial charge in [-0.3, -0.25) is 0 Å². The lowest BCUT2D eigenvalue weighted by molar-refractivity contribution is 0.512. The maximum atomic E-state index is 12.0. The summed E-state index contributed by atoms with van der Waals surface area (Å²) >= 11 is 0. The first-order valence-electron chi connectivity index (χ1n) is 6.49. The molecule has 5 heteroatoms.